The number of benzene rings is 2. The third-order valence-electron chi connectivity index (χ3n) is 5.16. The lowest BCUT2D eigenvalue weighted by Crippen LogP contribution is -2.45. The summed E-state index contributed by atoms with van der Waals surface area (Å²) in [6.45, 7) is 1.83. The van der Waals surface area contributed by atoms with E-state index in [1.807, 2.05) is 42.5 Å². The molecule has 4 atom stereocenters. The van der Waals surface area contributed by atoms with Crippen LogP contribution in [0.1, 0.15) is 18.1 Å². The molecule has 0 amide bonds. The molecule has 0 aromatic heterocycles. The van der Waals surface area contributed by atoms with Crippen molar-refractivity contribution in [2.24, 2.45) is 4.99 Å². The summed E-state index contributed by atoms with van der Waals surface area (Å²) < 4.78 is 22.3. The minimum absolute atomic E-state index is 0.178. The maximum atomic E-state index is 12.5. The van der Waals surface area contributed by atoms with Gasteiger partial charge in [0, 0.05) is 5.56 Å². The zero-order valence-electron chi connectivity index (χ0n) is 16.1. The fourth-order valence-electron chi connectivity index (χ4n) is 3.47. The van der Waals surface area contributed by atoms with Gasteiger partial charge >= 0.3 is 5.97 Å². The minimum Gasteiger partial charge on any atom is -0.497 e. The van der Waals surface area contributed by atoms with Crippen LogP contribution in [-0.2, 0) is 30.4 Å². The van der Waals surface area contributed by atoms with Crippen LogP contribution in [0.15, 0.2) is 59.6 Å². The van der Waals surface area contributed by atoms with E-state index < -0.39 is 29.8 Å². The summed E-state index contributed by atoms with van der Waals surface area (Å²) in [5.74, 6) is 0.559. The first kappa shape index (κ1) is 19.1. The standard InChI is InChI=1S/C22H21NO6/c1-22-19(29-20(23-22)15-6-4-3-5-7-15)18(28-21(22)25)17(12-24)27-13-14-8-10-16(26-2)11-9-14/h3-12,17-19H,13H2,1-2H3/t17-,18+,19-,22-/m0/s1. The summed E-state index contributed by atoms with van der Waals surface area (Å²) in [7, 11) is 1.59. The predicted molar refractivity (Wildman–Crippen MR) is 104 cm³/mol. The van der Waals surface area contributed by atoms with Crippen LogP contribution in [0.5, 0.6) is 5.75 Å². The van der Waals surface area contributed by atoms with Crippen molar-refractivity contribution in [1.82, 2.24) is 0 Å². The molecule has 2 aliphatic rings. The first-order valence-corrected chi connectivity index (χ1v) is 9.28. The summed E-state index contributed by atoms with van der Waals surface area (Å²) in [5, 5.41) is 0. The molecule has 1 saturated heterocycles. The van der Waals surface area contributed by atoms with Crippen molar-refractivity contribution < 1.29 is 28.5 Å². The number of nitrogens with zero attached hydrogens (tertiary/aromatic N) is 1. The quantitative estimate of drug-likeness (QED) is 0.528. The van der Waals surface area contributed by atoms with Crippen molar-refractivity contribution in [2.45, 2.75) is 37.4 Å². The van der Waals surface area contributed by atoms with Crippen molar-refractivity contribution in [3.05, 3.63) is 65.7 Å². The van der Waals surface area contributed by atoms with Crippen LogP contribution >= 0.6 is 0 Å². The third kappa shape index (κ3) is 3.49. The van der Waals surface area contributed by atoms with E-state index >= 15 is 0 Å². The van der Waals surface area contributed by atoms with Gasteiger partial charge in [-0.1, -0.05) is 30.3 Å². The molecule has 0 aliphatic carbocycles. The van der Waals surface area contributed by atoms with Gasteiger partial charge in [-0.15, -0.1) is 0 Å². The first-order valence-electron chi connectivity index (χ1n) is 9.28. The highest BCUT2D eigenvalue weighted by atomic mass is 16.6. The topological polar surface area (TPSA) is 83.4 Å². The van der Waals surface area contributed by atoms with Crippen LogP contribution < -0.4 is 4.74 Å². The Hall–Kier alpha value is -3.19. The second-order valence-corrected chi connectivity index (χ2v) is 7.10. The average molecular weight is 395 g/mol. The van der Waals surface area contributed by atoms with Gasteiger partial charge in [-0.3, -0.25) is 0 Å². The van der Waals surface area contributed by atoms with Gasteiger partial charge in [0.15, 0.2) is 30.1 Å². The maximum absolute atomic E-state index is 12.5. The molecule has 1 fully saturated rings. The van der Waals surface area contributed by atoms with Gasteiger partial charge in [0.1, 0.15) is 5.75 Å². The van der Waals surface area contributed by atoms with E-state index in [9.17, 15) is 9.59 Å². The van der Waals surface area contributed by atoms with Crippen molar-refractivity contribution in [3.63, 3.8) is 0 Å². The predicted octanol–water partition coefficient (Wildman–Crippen LogP) is 2.31. The summed E-state index contributed by atoms with van der Waals surface area (Å²) in [4.78, 5) is 28.7. The van der Waals surface area contributed by atoms with E-state index in [0.717, 1.165) is 16.9 Å². The Bertz CT molecular complexity index is 926. The lowest BCUT2D eigenvalue weighted by Gasteiger charge is -2.23. The number of aliphatic imine (C=N–C) groups is 1. The van der Waals surface area contributed by atoms with E-state index in [4.69, 9.17) is 18.9 Å². The van der Waals surface area contributed by atoms with Gasteiger partial charge in [-0.05, 0) is 36.8 Å². The van der Waals surface area contributed by atoms with Crippen LogP contribution in [0.4, 0.5) is 0 Å². The molecule has 7 nitrogen and oxygen atoms in total. The molecule has 0 bridgehead atoms. The van der Waals surface area contributed by atoms with E-state index in [1.165, 1.54) is 0 Å². The number of aldehydes is 1. The molecular formula is C22H21NO6. The number of methoxy groups -OCH3 is 1. The molecule has 0 unspecified atom stereocenters. The average Bonchev–Trinajstić information content (AvgIpc) is 3.23. The molecule has 0 spiro atoms. The fraction of sp³-hybridized carbons (Fsp3) is 0.318. The molecule has 29 heavy (non-hydrogen) atoms. The summed E-state index contributed by atoms with van der Waals surface area (Å²) in [5.41, 5.74) is 0.412. The van der Waals surface area contributed by atoms with E-state index in [0.29, 0.717) is 12.2 Å². The fourth-order valence-corrected chi connectivity index (χ4v) is 3.47. The van der Waals surface area contributed by atoms with Crippen LogP contribution in [0.3, 0.4) is 0 Å². The summed E-state index contributed by atoms with van der Waals surface area (Å²) >= 11 is 0. The van der Waals surface area contributed by atoms with Gasteiger partial charge in [0.25, 0.3) is 0 Å². The first-order chi connectivity index (χ1) is 14.0. The van der Waals surface area contributed by atoms with Gasteiger partial charge < -0.3 is 23.7 Å². The number of hydrogen-bond acceptors (Lipinski definition) is 7. The van der Waals surface area contributed by atoms with Gasteiger partial charge in [-0.25, -0.2) is 9.79 Å². The molecule has 7 heteroatoms. The van der Waals surface area contributed by atoms with Crippen LogP contribution in [0.2, 0.25) is 0 Å². The smallest absolute Gasteiger partial charge is 0.338 e. The molecule has 0 N–H and O–H groups in total. The second-order valence-electron chi connectivity index (χ2n) is 7.10. The van der Waals surface area contributed by atoms with Crippen molar-refractivity contribution >= 4 is 18.2 Å². The number of carbonyl (C=O) groups excluding carboxylic acids is 2. The van der Waals surface area contributed by atoms with E-state index in [-0.39, 0.29) is 6.61 Å². The Balaban J connectivity index is 1.49. The summed E-state index contributed by atoms with van der Waals surface area (Å²) in [6.07, 6.45) is -1.96. The van der Waals surface area contributed by atoms with Gasteiger partial charge in [0.2, 0.25) is 5.90 Å². The highest BCUT2D eigenvalue weighted by Crippen LogP contribution is 2.39. The number of cyclic esters (lactones) is 1. The van der Waals surface area contributed by atoms with Crippen molar-refractivity contribution in [1.29, 1.82) is 0 Å². The van der Waals surface area contributed by atoms with E-state index in [2.05, 4.69) is 4.99 Å². The maximum Gasteiger partial charge on any atom is 0.338 e. The molecule has 2 heterocycles. The zero-order valence-corrected chi connectivity index (χ0v) is 16.1. The Labute approximate surface area is 168 Å². The number of fused-ring (bicyclic) bond motifs is 1. The Morgan fingerprint density at radius 2 is 1.86 bits per heavy atom. The van der Waals surface area contributed by atoms with Crippen LogP contribution in [-0.4, -0.2) is 49.1 Å². The highest BCUT2D eigenvalue weighted by Gasteiger charge is 2.62. The molecule has 2 aliphatic heterocycles. The van der Waals surface area contributed by atoms with Crippen LogP contribution in [0, 0.1) is 0 Å². The van der Waals surface area contributed by atoms with Crippen molar-refractivity contribution in [2.75, 3.05) is 7.11 Å². The molecule has 4 rings (SSSR count). The van der Waals surface area contributed by atoms with E-state index in [1.54, 1.807) is 26.2 Å². The molecule has 2 aromatic rings. The Morgan fingerprint density at radius 1 is 1.14 bits per heavy atom. The van der Waals surface area contributed by atoms with Gasteiger partial charge in [0.05, 0.1) is 13.7 Å². The normalized spacial score (nSPS) is 26.1. The monoisotopic (exact) mass is 395 g/mol. The molecular weight excluding hydrogens is 374 g/mol. The largest absolute Gasteiger partial charge is 0.497 e. The second kappa shape index (κ2) is 7.67. The highest BCUT2D eigenvalue weighted by molar-refractivity contribution is 6.00. The zero-order chi connectivity index (χ0) is 20.4. The molecule has 2 aromatic carbocycles. The van der Waals surface area contributed by atoms with Gasteiger partial charge in [-0.2, -0.15) is 0 Å². The van der Waals surface area contributed by atoms with Crippen molar-refractivity contribution in [3.8, 4) is 5.75 Å². The Kier molecular flexibility index (Phi) is 5.07. The molecule has 0 saturated carbocycles. The lowest BCUT2D eigenvalue weighted by molar-refractivity contribution is -0.153. The lowest BCUT2D eigenvalue weighted by atomic mass is 9.93. The van der Waals surface area contributed by atoms with Crippen LogP contribution in [0.25, 0.3) is 0 Å². The number of hydrogen-bond donors (Lipinski definition) is 0. The number of rotatable bonds is 7. The Morgan fingerprint density at radius 3 is 2.52 bits per heavy atom. The number of carbonyl (C=O) groups is 2. The number of ether oxygens (including phenoxy) is 4. The molecule has 150 valence electrons. The third-order valence-corrected chi connectivity index (χ3v) is 5.16. The summed E-state index contributed by atoms with van der Waals surface area (Å²) in [6, 6.07) is 16.6. The minimum atomic E-state index is -1.21. The number of esters is 1. The SMILES string of the molecule is COc1ccc(CO[C@@H](C=O)[C@H]2OC(=O)[C@@]3(C)N=C(c4ccccc4)O[C@@H]23)cc1. The molecule has 0 radical (unpaired) electrons.